The summed E-state index contributed by atoms with van der Waals surface area (Å²) >= 11 is 12.8. The number of carbonyl (C=O) groups is 2. The van der Waals surface area contributed by atoms with Crippen LogP contribution in [0.1, 0.15) is 70.3 Å². The van der Waals surface area contributed by atoms with Gasteiger partial charge in [0.25, 0.3) is 0 Å². The van der Waals surface area contributed by atoms with Crippen LogP contribution in [0.15, 0.2) is 65.8 Å². The lowest BCUT2D eigenvalue weighted by Gasteiger charge is -2.47. The molecule has 10 nitrogen and oxygen atoms in total. The molecule has 0 aliphatic carbocycles. The first-order valence-electron chi connectivity index (χ1n) is 18.1. The van der Waals surface area contributed by atoms with Gasteiger partial charge in [-0.2, -0.15) is 0 Å². The van der Waals surface area contributed by atoms with Crippen LogP contribution in [-0.4, -0.2) is 108 Å². The van der Waals surface area contributed by atoms with Crippen LogP contribution in [0.5, 0.6) is 5.75 Å². The van der Waals surface area contributed by atoms with Gasteiger partial charge in [0.1, 0.15) is 22.7 Å². The Kier molecular flexibility index (Phi) is 11.0. The summed E-state index contributed by atoms with van der Waals surface area (Å²) in [6, 6.07) is 17.1. The number of hydrogen-bond donors (Lipinski definition) is 0. The number of piperazine rings is 1. The van der Waals surface area contributed by atoms with Crippen molar-refractivity contribution in [2.45, 2.75) is 70.6 Å². The standard InChI is InChI=1S/C40H50Cl2N6O4/c1-8-52-33-23-34(38(2,3)4)43-24-32(33)36-44-39(5,27-9-13-29(41)14-10-27)40(6,28-11-15-30(42)16-12-28)48(36)37(50)46-21-19-45(20-22-46)26-35(49)47-18-17-31(25-47)51-7/h9-16,23-24,31H,8,17-22,25-26H2,1-7H3/t31?,39-,40+/m0/s1. The van der Waals surface area contributed by atoms with Crippen LogP contribution < -0.4 is 4.74 Å². The highest BCUT2D eigenvalue weighted by Crippen LogP contribution is 2.54. The van der Waals surface area contributed by atoms with Crippen LogP contribution in [0.3, 0.4) is 0 Å². The fourth-order valence-electron chi connectivity index (χ4n) is 7.53. The molecule has 3 atom stereocenters. The molecule has 0 saturated carbocycles. The molecular weight excluding hydrogens is 699 g/mol. The van der Waals surface area contributed by atoms with Crippen LogP contribution in [0.25, 0.3) is 0 Å². The summed E-state index contributed by atoms with van der Waals surface area (Å²) in [4.78, 5) is 46.5. The van der Waals surface area contributed by atoms with E-state index in [4.69, 9.17) is 42.7 Å². The Hall–Kier alpha value is -3.70. The number of benzene rings is 2. The molecule has 278 valence electrons. The predicted octanol–water partition coefficient (Wildman–Crippen LogP) is 6.96. The van der Waals surface area contributed by atoms with Crippen molar-refractivity contribution in [2.75, 3.05) is 59.5 Å². The number of halogens is 2. The number of nitrogens with zero attached hydrogens (tertiary/aromatic N) is 6. The van der Waals surface area contributed by atoms with E-state index in [1.165, 1.54) is 0 Å². The molecule has 0 N–H and O–H groups in total. The number of rotatable bonds is 8. The number of likely N-dealkylation sites (tertiary alicyclic amines) is 1. The minimum absolute atomic E-state index is 0.0892. The molecule has 1 unspecified atom stereocenters. The van der Waals surface area contributed by atoms with Crippen molar-refractivity contribution in [1.82, 2.24) is 24.6 Å². The van der Waals surface area contributed by atoms with Gasteiger partial charge < -0.3 is 19.3 Å². The minimum Gasteiger partial charge on any atom is -0.493 e. The van der Waals surface area contributed by atoms with E-state index in [9.17, 15) is 4.79 Å². The fourth-order valence-corrected chi connectivity index (χ4v) is 7.79. The Morgan fingerprint density at radius 2 is 1.52 bits per heavy atom. The largest absolute Gasteiger partial charge is 0.493 e. The average molecular weight is 750 g/mol. The first-order valence-corrected chi connectivity index (χ1v) is 18.8. The second-order valence-electron chi connectivity index (χ2n) is 15.2. The molecule has 2 aromatic carbocycles. The first kappa shape index (κ1) is 38.0. The number of urea groups is 1. The number of amidine groups is 1. The van der Waals surface area contributed by atoms with E-state index >= 15 is 4.79 Å². The second kappa shape index (κ2) is 15.0. The van der Waals surface area contributed by atoms with Crippen LogP contribution in [0.2, 0.25) is 10.0 Å². The summed E-state index contributed by atoms with van der Waals surface area (Å²) in [6.07, 6.45) is 2.73. The quantitative estimate of drug-likeness (QED) is 0.248. The molecule has 6 rings (SSSR count). The molecule has 3 aliphatic rings. The van der Waals surface area contributed by atoms with Crippen LogP contribution >= 0.6 is 23.2 Å². The van der Waals surface area contributed by atoms with Crippen LogP contribution in [0, 0.1) is 0 Å². The van der Waals surface area contributed by atoms with Gasteiger partial charge in [0.05, 0.1) is 24.8 Å². The Morgan fingerprint density at radius 1 is 0.904 bits per heavy atom. The van der Waals surface area contributed by atoms with Crippen molar-refractivity contribution < 1.29 is 19.1 Å². The number of aromatic nitrogens is 1. The molecule has 3 amide bonds. The number of carbonyl (C=O) groups excluding carboxylic acids is 2. The third kappa shape index (κ3) is 7.15. The summed E-state index contributed by atoms with van der Waals surface area (Å²) in [7, 11) is 1.69. The predicted molar refractivity (Wildman–Crippen MR) is 205 cm³/mol. The van der Waals surface area contributed by atoms with Gasteiger partial charge in [-0.15, -0.1) is 0 Å². The van der Waals surface area contributed by atoms with Crippen LogP contribution in [0.4, 0.5) is 4.79 Å². The van der Waals surface area contributed by atoms with Crippen molar-refractivity contribution in [3.8, 4) is 5.75 Å². The van der Waals surface area contributed by atoms with Gasteiger partial charge in [-0.05, 0) is 62.6 Å². The molecule has 3 aliphatic heterocycles. The third-order valence-corrected chi connectivity index (χ3v) is 11.5. The van der Waals surface area contributed by atoms with E-state index in [1.54, 1.807) is 13.3 Å². The molecule has 0 spiro atoms. The molecule has 0 radical (unpaired) electrons. The van der Waals surface area contributed by atoms with Gasteiger partial charge >= 0.3 is 6.03 Å². The Labute approximate surface area is 317 Å². The van der Waals surface area contributed by atoms with Gasteiger partial charge in [-0.3, -0.25) is 24.6 Å². The summed E-state index contributed by atoms with van der Waals surface area (Å²) < 4.78 is 11.8. The molecule has 2 saturated heterocycles. The molecule has 3 aromatic rings. The Bertz CT molecular complexity index is 1810. The lowest BCUT2D eigenvalue weighted by atomic mass is 9.71. The van der Waals surface area contributed by atoms with E-state index < -0.39 is 11.1 Å². The number of hydrogen-bond acceptors (Lipinski definition) is 7. The van der Waals surface area contributed by atoms with E-state index in [0.717, 1.165) is 23.2 Å². The maximum Gasteiger partial charge on any atom is 0.326 e. The van der Waals surface area contributed by atoms with Gasteiger partial charge in [-0.1, -0.05) is 68.2 Å². The highest BCUT2D eigenvalue weighted by molar-refractivity contribution is 6.30. The molecule has 52 heavy (non-hydrogen) atoms. The van der Waals surface area contributed by atoms with E-state index in [1.807, 2.05) is 76.2 Å². The van der Waals surface area contributed by atoms with Crippen molar-refractivity contribution in [3.05, 3.63) is 93.2 Å². The molecule has 2 fully saturated rings. The molecule has 1 aromatic heterocycles. The van der Waals surface area contributed by atoms with Crippen molar-refractivity contribution >= 4 is 41.0 Å². The van der Waals surface area contributed by atoms with Crippen molar-refractivity contribution in [2.24, 2.45) is 4.99 Å². The lowest BCUT2D eigenvalue weighted by Crippen LogP contribution is -2.61. The lowest BCUT2D eigenvalue weighted by molar-refractivity contribution is -0.132. The summed E-state index contributed by atoms with van der Waals surface area (Å²) in [6.45, 7) is 16.5. The second-order valence-corrected chi connectivity index (χ2v) is 16.1. The maximum atomic E-state index is 15.3. The number of aliphatic imine (C=N–C) groups is 1. The summed E-state index contributed by atoms with van der Waals surface area (Å²) in [5.74, 6) is 1.17. The van der Waals surface area contributed by atoms with Gasteiger partial charge in [0, 0.05) is 79.8 Å². The number of amides is 3. The van der Waals surface area contributed by atoms with Gasteiger partial charge in [0.2, 0.25) is 5.91 Å². The fraction of sp³-hybridized carbons (Fsp3) is 0.500. The van der Waals surface area contributed by atoms with E-state index in [-0.39, 0.29) is 23.5 Å². The number of pyridine rings is 1. The van der Waals surface area contributed by atoms with Gasteiger partial charge in [0.15, 0.2) is 0 Å². The highest BCUT2D eigenvalue weighted by atomic mass is 35.5. The maximum absolute atomic E-state index is 15.3. The normalized spacial score (nSPS) is 24.0. The van der Waals surface area contributed by atoms with E-state index in [0.29, 0.717) is 79.6 Å². The highest BCUT2D eigenvalue weighted by Gasteiger charge is 2.60. The third-order valence-electron chi connectivity index (χ3n) is 10.9. The zero-order valence-corrected chi connectivity index (χ0v) is 32.8. The van der Waals surface area contributed by atoms with E-state index in [2.05, 4.69) is 39.5 Å². The number of methoxy groups -OCH3 is 1. The molecule has 12 heteroatoms. The van der Waals surface area contributed by atoms with Gasteiger partial charge in [-0.25, -0.2) is 4.79 Å². The molecule has 0 bridgehead atoms. The monoisotopic (exact) mass is 748 g/mol. The summed E-state index contributed by atoms with van der Waals surface area (Å²) in [5, 5.41) is 1.20. The average Bonchev–Trinajstić information content (AvgIpc) is 3.70. The van der Waals surface area contributed by atoms with Crippen LogP contribution in [-0.2, 0) is 26.0 Å². The Balaban J connectivity index is 1.41. The zero-order valence-electron chi connectivity index (χ0n) is 31.3. The number of ether oxygens (including phenoxy) is 2. The smallest absolute Gasteiger partial charge is 0.326 e. The zero-order chi connectivity index (χ0) is 37.4. The molecule has 4 heterocycles. The van der Waals surface area contributed by atoms with Crippen molar-refractivity contribution in [1.29, 1.82) is 0 Å². The summed E-state index contributed by atoms with van der Waals surface area (Å²) in [5.41, 5.74) is 1.01. The minimum atomic E-state index is -1.04. The first-order chi connectivity index (χ1) is 24.7. The molecular formula is C40H50Cl2N6O4. The Morgan fingerprint density at radius 3 is 2.08 bits per heavy atom. The van der Waals surface area contributed by atoms with Crippen molar-refractivity contribution in [3.63, 3.8) is 0 Å². The topological polar surface area (TPSA) is 90.8 Å². The SMILES string of the molecule is CCOc1cc(C(C)(C)C)ncc1C1=N[C@@](C)(c2ccc(Cl)cc2)[C@@](C)(c2ccc(Cl)cc2)N1C(=O)N1CCN(CC(=O)N2CCC(OC)C2)CC1.